The summed E-state index contributed by atoms with van der Waals surface area (Å²) in [4.78, 5) is 20.3. The summed E-state index contributed by atoms with van der Waals surface area (Å²) < 4.78 is 5.04. The van der Waals surface area contributed by atoms with E-state index in [1.54, 1.807) is 23.1 Å². The van der Waals surface area contributed by atoms with Crippen molar-refractivity contribution in [3.8, 4) is 5.88 Å². The molecule has 1 saturated heterocycles. The minimum absolute atomic E-state index is 0.156. The Labute approximate surface area is 130 Å². The quantitative estimate of drug-likeness (QED) is 0.849. The van der Waals surface area contributed by atoms with Crippen LogP contribution < -0.4 is 10.1 Å². The molecule has 2 amide bonds. The van der Waals surface area contributed by atoms with Crippen LogP contribution in [0.5, 0.6) is 5.88 Å². The Morgan fingerprint density at radius 1 is 1.41 bits per heavy atom. The summed E-state index contributed by atoms with van der Waals surface area (Å²) in [7, 11) is 1.54. The molecule has 0 aromatic carbocycles. The van der Waals surface area contributed by atoms with Crippen LogP contribution in [-0.2, 0) is 0 Å². The summed E-state index contributed by atoms with van der Waals surface area (Å²) in [6.45, 7) is 5.48. The molecule has 1 fully saturated rings. The van der Waals surface area contributed by atoms with Crippen molar-refractivity contribution in [2.24, 2.45) is 0 Å². The van der Waals surface area contributed by atoms with Crippen LogP contribution in [0.15, 0.2) is 18.2 Å². The lowest BCUT2D eigenvalue weighted by molar-refractivity contribution is 0.0812. The standard InChI is InChI=1S/C15H24N4O3/c1-3-12(20)11-18-7-9-19(10-8-18)15(21)17-13-5-4-6-14(16-13)22-2/h4-6,12,20H,3,7-11H2,1-2H3,(H,16,17,21). The molecule has 1 aliphatic heterocycles. The average Bonchev–Trinajstić information content (AvgIpc) is 2.55. The number of hydrogen-bond acceptors (Lipinski definition) is 5. The Bertz CT molecular complexity index is 489. The molecule has 0 spiro atoms. The largest absolute Gasteiger partial charge is 0.481 e. The number of piperazine rings is 1. The topological polar surface area (TPSA) is 77.9 Å². The van der Waals surface area contributed by atoms with Crippen LogP contribution in [0.1, 0.15) is 13.3 Å². The molecule has 0 bridgehead atoms. The third-order valence-electron chi connectivity index (χ3n) is 3.77. The molecule has 1 atom stereocenters. The first-order chi connectivity index (χ1) is 10.6. The SMILES string of the molecule is CCC(O)CN1CCN(C(=O)Nc2cccc(OC)n2)CC1. The van der Waals surface area contributed by atoms with Crippen molar-refractivity contribution < 1.29 is 14.6 Å². The molecular formula is C15H24N4O3. The molecule has 1 aromatic heterocycles. The number of rotatable bonds is 5. The number of aliphatic hydroxyl groups is 1. The third-order valence-corrected chi connectivity index (χ3v) is 3.77. The summed E-state index contributed by atoms with van der Waals surface area (Å²) >= 11 is 0. The first kappa shape index (κ1) is 16.5. The van der Waals surface area contributed by atoms with Crippen molar-refractivity contribution in [3.05, 3.63) is 18.2 Å². The van der Waals surface area contributed by atoms with E-state index in [4.69, 9.17) is 4.74 Å². The zero-order chi connectivity index (χ0) is 15.9. The highest BCUT2D eigenvalue weighted by molar-refractivity contribution is 5.88. The number of nitrogens with zero attached hydrogens (tertiary/aromatic N) is 3. The second-order valence-corrected chi connectivity index (χ2v) is 5.35. The van der Waals surface area contributed by atoms with Gasteiger partial charge in [0.15, 0.2) is 0 Å². The monoisotopic (exact) mass is 308 g/mol. The number of nitrogens with one attached hydrogen (secondary N) is 1. The minimum Gasteiger partial charge on any atom is -0.481 e. The molecule has 2 heterocycles. The van der Waals surface area contributed by atoms with Gasteiger partial charge in [0.25, 0.3) is 0 Å². The second kappa shape index (κ2) is 7.95. The summed E-state index contributed by atoms with van der Waals surface area (Å²) in [5, 5.41) is 12.5. The number of urea groups is 1. The lowest BCUT2D eigenvalue weighted by atomic mass is 10.2. The van der Waals surface area contributed by atoms with E-state index >= 15 is 0 Å². The number of amides is 2. The molecule has 2 rings (SSSR count). The number of pyridine rings is 1. The number of carbonyl (C=O) groups excluding carboxylic acids is 1. The molecule has 0 radical (unpaired) electrons. The van der Waals surface area contributed by atoms with Gasteiger partial charge in [-0.1, -0.05) is 13.0 Å². The van der Waals surface area contributed by atoms with E-state index in [0.717, 1.165) is 19.5 Å². The average molecular weight is 308 g/mol. The van der Waals surface area contributed by atoms with Gasteiger partial charge < -0.3 is 14.7 Å². The highest BCUT2D eigenvalue weighted by Crippen LogP contribution is 2.12. The van der Waals surface area contributed by atoms with Gasteiger partial charge in [-0.25, -0.2) is 4.79 Å². The minimum atomic E-state index is -0.290. The number of carbonyl (C=O) groups is 1. The third kappa shape index (κ3) is 4.57. The summed E-state index contributed by atoms with van der Waals surface area (Å²) in [6.07, 6.45) is 0.462. The summed E-state index contributed by atoms with van der Waals surface area (Å²) in [5.41, 5.74) is 0. The van der Waals surface area contributed by atoms with Gasteiger partial charge in [0.1, 0.15) is 5.82 Å². The predicted octanol–water partition coefficient (Wildman–Crippen LogP) is 1.01. The number of aromatic nitrogens is 1. The van der Waals surface area contributed by atoms with Crippen LogP contribution in [0.25, 0.3) is 0 Å². The van der Waals surface area contributed by atoms with Crippen LogP contribution in [0.4, 0.5) is 10.6 Å². The molecule has 1 aliphatic rings. The van der Waals surface area contributed by atoms with Gasteiger partial charge in [-0.3, -0.25) is 10.2 Å². The van der Waals surface area contributed by atoms with Crippen LogP contribution in [0, 0.1) is 0 Å². The molecule has 0 aliphatic carbocycles. The van der Waals surface area contributed by atoms with Gasteiger partial charge in [-0.2, -0.15) is 4.98 Å². The zero-order valence-electron chi connectivity index (χ0n) is 13.2. The fourth-order valence-electron chi connectivity index (χ4n) is 2.35. The van der Waals surface area contributed by atoms with E-state index < -0.39 is 0 Å². The Morgan fingerprint density at radius 3 is 2.77 bits per heavy atom. The summed E-state index contributed by atoms with van der Waals surface area (Å²) in [5.74, 6) is 0.948. The number of methoxy groups -OCH3 is 1. The Hall–Kier alpha value is -1.86. The van der Waals surface area contributed by atoms with Crippen LogP contribution in [0.2, 0.25) is 0 Å². The van der Waals surface area contributed by atoms with E-state index in [1.807, 2.05) is 6.92 Å². The molecule has 7 nitrogen and oxygen atoms in total. The molecule has 1 aromatic rings. The maximum atomic E-state index is 12.2. The molecule has 7 heteroatoms. The predicted molar refractivity (Wildman–Crippen MR) is 84.1 cm³/mol. The van der Waals surface area contributed by atoms with E-state index in [0.29, 0.717) is 31.3 Å². The highest BCUT2D eigenvalue weighted by Gasteiger charge is 2.22. The maximum Gasteiger partial charge on any atom is 0.323 e. The number of anilines is 1. The first-order valence-electron chi connectivity index (χ1n) is 7.59. The maximum absolute atomic E-state index is 12.2. The number of ether oxygens (including phenoxy) is 1. The fourth-order valence-corrected chi connectivity index (χ4v) is 2.35. The van der Waals surface area contributed by atoms with Gasteiger partial charge in [0, 0.05) is 38.8 Å². The van der Waals surface area contributed by atoms with E-state index in [1.165, 1.54) is 7.11 Å². The Kier molecular flexibility index (Phi) is 5.97. The van der Waals surface area contributed by atoms with Gasteiger partial charge in [-0.05, 0) is 12.5 Å². The molecule has 2 N–H and O–H groups in total. The van der Waals surface area contributed by atoms with E-state index in [-0.39, 0.29) is 12.1 Å². The lowest BCUT2D eigenvalue weighted by Gasteiger charge is -2.35. The van der Waals surface area contributed by atoms with E-state index in [2.05, 4.69) is 15.2 Å². The molecule has 1 unspecified atom stereocenters. The van der Waals surface area contributed by atoms with Crippen molar-refractivity contribution >= 4 is 11.8 Å². The number of aliphatic hydroxyl groups excluding tert-OH is 1. The van der Waals surface area contributed by atoms with Gasteiger partial charge in [0.2, 0.25) is 5.88 Å². The first-order valence-corrected chi connectivity index (χ1v) is 7.59. The Morgan fingerprint density at radius 2 is 2.14 bits per heavy atom. The normalized spacial score (nSPS) is 17.1. The van der Waals surface area contributed by atoms with Gasteiger partial charge in [-0.15, -0.1) is 0 Å². The fraction of sp³-hybridized carbons (Fsp3) is 0.600. The van der Waals surface area contributed by atoms with Gasteiger partial charge >= 0.3 is 6.03 Å². The van der Waals surface area contributed by atoms with Crippen molar-refractivity contribution in [3.63, 3.8) is 0 Å². The molecular weight excluding hydrogens is 284 g/mol. The molecule has 0 saturated carbocycles. The number of β-amino-alcohol motifs (C(OH)–C–C–N with tert-alkyl or cyclic N) is 1. The van der Waals surface area contributed by atoms with Crippen LogP contribution >= 0.6 is 0 Å². The highest BCUT2D eigenvalue weighted by atomic mass is 16.5. The van der Waals surface area contributed by atoms with Crippen molar-refractivity contribution in [1.82, 2.24) is 14.8 Å². The molecule has 22 heavy (non-hydrogen) atoms. The van der Waals surface area contributed by atoms with Crippen molar-refractivity contribution in [2.75, 3.05) is 45.2 Å². The zero-order valence-corrected chi connectivity index (χ0v) is 13.2. The smallest absolute Gasteiger partial charge is 0.323 e. The second-order valence-electron chi connectivity index (χ2n) is 5.35. The van der Waals surface area contributed by atoms with Crippen LogP contribution in [-0.4, -0.2) is 71.9 Å². The summed E-state index contributed by atoms with van der Waals surface area (Å²) in [6, 6.07) is 5.09. The van der Waals surface area contributed by atoms with Crippen molar-refractivity contribution in [1.29, 1.82) is 0 Å². The van der Waals surface area contributed by atoms with Crippen LogP contribution in [0.3, 0.4) is 0 Å². The number of hydrogen-bond donors (Lipinski definition) is 2. The van der Waals surface area contributed by atoms with Crippen molar-refractivity contribution in [2.45, 2.75) is 19.4 Å². The van der Waals surface area contributed by atoms with Gasteiger partial charge in [0.05, 0.1) is 13.2 Å². The molecule has 122 valence electrons. The van der Waals surface area contributed by atoms with E-state index in [9.17, 15) is 9.90 Å². The lowest BCUT2D eigenvalue weighted by Crippen LogP contribution is -2.51. The Balaban J connectivity index is 1.82.